The second-order valence-electron chi connectivity index (χ2n) is 6.51. The molecule has 5 nitrogen and oxygen atoms in total. The molecule has 1 aliphatic rings. The maximum atomic E-state index is 13.8. The lowest BCUT2D eigenvalue weighted by atomic mass is 10.1. The van der Waals surface area contributed by atoms with Crippen LogP contribution < -0.4 is 0 Å². The fourth-order valence-corrected chi connectivity index (χ4v) is 2.73. The molecule has 1 aliphatic heterocycles. The van der Waals surface area contributed by atoms with E-state index in [0.29, 0.717) is 0 Å². The molecule has 0 saturated carbocycles. The van der Waals surface area contributed by atoms with Crippen molar-refractivity contribution in [2.75, 3.05) is 26.2 Å². The minimum atomic E-state index is -1.17. The molecule has 1 aromatic carbocycles. The molecule has 1 fully saturated rings. The van der Waals surface area contributed by atoms with E-state index in [2.05, 4.69) is 15.9 Å². The molecule has 8 heteroatoms. The molecule has 0 spiro atoms. The normalized spacial score (nSPS) is 15.4. The number of nitrogens with zero attached hydrogens (tertiary/aromatic N) is 2. The standard InChI is InChI=1S/C16H19BrF2N2O3/c1-16(2,3)24-15(23)21-6-4-20(5-7-21)14(22)11-8-10(17)9-12(18)13(11)19/h8-9H,4-7H2,1-3H3. The molecule has 0 N–H and O–H groups in total. The summed E-state index contributed by atoms with van der Waals surface area (Å²) in [5.74, 6) is -2.85. The summed E-state index contributed by atoms with van der Waals surface area (Å²) in [4.78, 5) is 27.3. The largest absolute Gasteiger partial charge is 0.444 e. The average molecular weight is 405 g/mol. The van der Waals surface area contributed by atoms with Gasteiger partial charge in [-0.3, -0.25) is 4.79 Å². The molecule has 0 unspecified atom stereocenters. The van der Waals surface area contributed by atoms with Crippen LogP contribution in [0.4, 0.5) is 13.6 Å². The van der Waals surface area contributed by atoms with Crippen LogP contribution in [0.25, 0.3) is 0 Å². The van der Waals surface area contributed by atoms with E-state index < -0.39 is 29.2 Å². The molecule has 1 aromatic rings. The number of benzene rings is 1. The zero-order valence-electron chi connectivity index (χ0n) is 13.7. The molecule has 0 radical (unpaired) electrons. The van der Waals surface area contributed by atoms with Crippen molar-refractivity contribution in [2.45, 2.75) is 26.4 Å². The van der Waals surface area contributed by atoms with Gasteiger partial charge in [0.25, 0.3) is 5.91 Å². The molecule has 0 atom stereocenters. The first kappa shape index (κ1) is 18.6. The van der Waals surface area contributed by atoms with E-state index in [1.165, 1.54) is 15.9 Å². The SMILES string of the molecule is CC(C)(C)OC(=O)N1CCN(C(=O)c2cc(Br)cc(F)c2F)CC1. The molecule has 0 aliphatic carbocycles. The Kier molecular flexibility index (Phi) is 5.47. The zero-order valence-corrected chi connectivity index (χ0v) is 15.3. The number of amides is 2. The van der Waals surface area contributed by atoms with Gasteiger partial charge >= 0.3 is 6.09 Å². The molecule has 132 valence electrons. The quantitative estimate of drug-likeness (QED) is 0.673. The van der Waals surface area contributed by atoms with Crippen LogP contribution in [0.1, 0.15) is 31.1 Å². The number of rotatable bonds is 1. The first-order valence-corrected chi connectivity index (χ1v) is 8.29. The Morgan fingerprint density at radius 1 is 1.08 bits per heavy atom. The van der Waals surface area contributed by atoms with Crippen molar-refractivity contribution >= 4 is 27.9 Å². The number of carbonyl (C=O) groups excluding carboxylic acids is 2. The van der Waals surface area contributed by atoms with E-state index in [-0.39, 0.29) is 36.2 Å². The van der Waals surface area contributed by atoms with Gasteiger partial charge in [-0.15, -0.1) is 0 Å². The van der Waals surface area contributed by atoms with E-state index in [4.69, 9.17) is 4.74 Å². The van der Waals surface area contributed by atoms with Crippen molar-refractivity contribution in [1.29, 1.82) is 0 Å². The fraction of sp³-hybridized carbons (Fsp3) is 0.500. The van der Waals surface area contributed by atoms with Crippen LogP contribution in [0.3, 0.4) is 0 Å². The van der Waals surface area contributed by atoms with E-state index in [9.17, 15) is 18.4 Å². The Morgan fingerprint density at radius 3 is 2.17 bits per heavy atom. The molecule has 1 heterocycles. The lowest BCUT2D eigenvalue weighted by Crippen LogP contribution is -2.51. The lowest BCUT2D eigenvalue weighted by Gasteiger charge is -2.35. The highest BCUT2D eigenvalue weighted by Gasteiger charge is 2.29. The zero-order chi connectivity index (χ0) is 18.1. The second kappa shape index (κ2) is 7.04. The maximum absolute atomic E-state index is 13.8. The van der Waals surface area contributed by atoms with Crippen molar-refractivity contribution in [3.63, 3.8) is 0 Å². The average Bonchev–Trinajstić information content (AvgIpc) is 2.48. The Morgan fingerprint density at radius 2 is 1.62 bits per heavy atom. The first-order valence-electron chi connectivity index (χ1n) is 7.50. The summed E-state index contributed by atoms with van der Waals surface area (Å²) in [5.41, 5.74) is -0.923. The first-order chi connectivity index (χ1) is 11.1. The predicted molar refractivity (Wildman–Crippen MR) is 87.8 cm³/mol. The van der Waals surface area contributed by atoms with Crippen LogP contribution in [0.5, 0.6) is 0 Å². The molecule has 2 rings (SSSR count). The topological polar surface area (TPSA) is 49.9 Å². The van der Waals surface area contributed by atoms with E-state index in [0.717, 1.165) is 6.07 Å². The van der Waals surface area contributed by atoms with Crippen LogP contribution in [0, 0.1) is 11.6 Å². The van der Waals surface area contributed by atoms with Crippen molar-refractivity contribution in [2.24, 2.45) is 0 Å². The fourth-order valence-electron chi connectivity index (χ4n) is 2.30. The van der Waals surface area contributed by atoms with Crippen molar-refractivity contribution < 1.29 is 23.1 Å². The molecular formula is C16H19BrF2N2O3. The van der Waals surface area contributed by atoms with Crippen molar-refractivity contribution in [3.05, 3.63) is 33.8 Å². The Labute approximate surface area is 147 Å². The van der Waals surface area contributed by atoms with Gasteiger partial charge in [0.1, 0.15) is 5.60 Å². The van der Waals surface area contributed by atoms with Gasteiger partial charge in [0, 0.05) is 30.7 Å². The Bertz CT molecular complexity index is 653. The van der Waals surface area contributed by atoms with Gasteiger partial charge in [0.2, 0.25) is 0 Å². The molecule has 0 bridgehead atoms. The number of carbonyl (C=O) groups is 2. The minimum absolute atomic E-state index is 0.228. The van der Waals surface area contributed by atoms with Gasteiger partial charge in [-0.1, -0.05) is 15.9 Å². The molecule has 2 amide bonds. The smallest absolute Gasteiger partial charge is 0.410 e. The molecule has 0 aromatic heterocycles. The van der Waals surface area contributed by atoms with Crippen LogP contribution >= 0.6 is 15.9 Å². The van der Waals surface area contributed by atoms with Crippen LogP contribution in [-0.4, -0.2) is 53.6 Å². The third kappa shape index (κ3) is 4.43. The number of piperazine rings is 1. The second-order valence-corrected chi connectivity index (χ2v) is 7.42. The summed E-state index contributed by atoms with van der Waals surface area (Å²) in [6.45, 7) is 6.33. The number of hydrogen-bond acceptors (Lipinski definition) is 3. The summed E-state index contributed by atoms with van der Waals surface area (Å²) < 4.78 is 32.9. The Hall–Kier alpha value is -1.70. The van der Waals surface area contributed by atoms with Gasteiger partial charge in [-0.25, -0.2) is 13.6 Å². The lowest BCUT2D eigenvalue weighted by molar-refractivity contribution is 0.0140. The van der Waals surface area contributed by atoms with E-state index in [1.54, 1.807) is 20.8 Å². The molecule has 1 saturated heterocycles. The van der Waals surface area contributed by atoms with Crippen LogP contribution in [0.15, 0.2) is 16.6 Å². The number of hydrogen-bond donors (Lipinski definition) is 0. The summed E-state index contributed by atoms with van der Waals surface area (Å²) in [6.07, 6.45) is -0.450. The van der Waals surface area contributed by atoms with Gasteiger partial charge in [-0.2, -0.15) is 0 Å². The number of ether oxygens (including phenoxy) is 1. The summed E-state index contributed by atoms with van der Waals surface area (Å²) in [5, 5.41) is 0. The Balaban J connectivity index is 2.02. The van der Waals surface area contributed by atoms with Crippen molar-refractivity contribution in [1.82, 2.24) is 9.80 Å². The van der Waals surface area contributed by atoms with Gasteiger partial charge < -0.3 is 14.5 Å². The highest BCUT2D eigenvalue weighted by Crippen LogP contribution is 2.21. The maximum Gasteiger partial charge on any atom is 0.410 e. The predicted octanol–water partition coefficient (Wildman–Crippen LogP) is 3.42. The summed E-state index contributed by atoms with van der Waals surface area (Å²) in [7, 11) is 0. The molecule has 24 heavy (non-hydrogen) atoms. The summed E-state index contributed by atoms with van der Waals surface area (Å²) in [6, 6.07) is 2.22. The highest BCUT2D eigenvalue weighted by molar-refractivity contribution is 9.10. The number of halogens is 3. The molecular weight excluding hydrogens is 386 g/mol. The van der Waals surface area contributed by atoms with Crippen LogP contribution in [-0.2, 0) is 4.74 Å². The van der Waals surface area contributed by atoms with E-state index >= 15 is 0 Å². The van der Waals surface area contributed by atoms with E-state index in [1.807, 2.05) is 0 Å². The van der Waals surface area contributed by atoms with Gasteiger partial charge in [-0.05, 0) is 32.9 Å². The highest BCUT2D eigenvalue weighted by atomic mass is 79.9. The van der Waals surface area contributed by atoms with Crippen LogP contribution in [0.2, 0.25) is 0 Å². The minimum Gasteiger partial charge on any atom is -0.444 e. The van der Waals surface area contributed by atoms with Crippen molar-refractivity contribution in [3.8, 4) is 0 Å². The summed E-state index contributed by atoms with van der Waals surface area (Å²) >= 11 is 3.05. The van der Waals surface area contributed by atoms with Gasteiger partial charge in [0.05, 0.1) is 5.56 Å². The van der Waals surface area contributed by atoms with Gasteiger partial charge in [0.15, 0.2) is 11.6 Å². The third-order valence-electron chi connectivity index (χ3n) is 3.44. The third-order valence-corrected chi connectivity index (χ3v) is 3.90. The monoisotopic (exact) mass is 404 g/mol.